The van der Waals surface area contributed by atoms with Crippen LogP contribution in [0.25, 0.3) is 11.0 Å². The highest BCUT2D eigenvalue weighted by atomic mass is 32.2. The summed E-state index contributed by atoms with van der Waals surface area (Å²) in [5.74, 6) is -1.51. The van der Waals surface area contributed by atoms with Crippen LogP contribution in [0.1, 0.15) is 30.8 Å². The molecule has 0 saturated heterocycles. The number of pyridine rings is 1. The van der Waals surface area contributed by atoms with Crippen molar-refractivity contribution in [3.8, 4) is 0 Å². The van der Waals surface area contributed by atoms with E-state index in [4.69, 9.17) is 4.42 Å². The van der Waals surface area contributed by atoms with Crippen LogP contribution in [0.5, 0.6) is 0 Å². The Kier molecular flexibility index (Phi) is 8.13. The number of nitrogens with zero attached hydrogens (tertiary/aromatic N) is 1. The molecule has 2 heterocycles. The average molecular weight is 487 g/mol. The predicted octanol–water partition coefficient (Wildman–Crippen LogP) is 1.64. The SMILES string of the molecule is CC(C)C[C@H](NC(=O)c1cc2ccccc2o1)C(=O)NCC(=O)CNS(=O)(=O)c1ccccn1. The van der Waals surface area contributed by atoms with Crippen LogP contribution in [0, 0.1) is 5.92 Å². The molecule has 3 rings (SSSR count). The normalized spacial score (nSPS) is 12.4. The van der Waals surface area contributed by atoms with Gasteiger partial charge < -0.3 is 15.1 Å². The molecule has 1 atom stereocenters. The molecular weight excluding hydrogens is 460 g/mol. The van der Waals surface area contributed by atoms with E-state index in [-0.39, 0.29) is 16.7 Å². The van der Waals surface area contributed by atoms with Crippen LogP contribution >= 0.6 is 0 Å². The number of amides is 2. The molecule has 3 N–H and O–H groups in total. The lowest BCUT2D eigenvalue weighted by molar-refractivity contribution is -0.126. The Bertz CT molecular complexity index is 1240. The summed E-state index contributed by atoms with van der Waals surface area (Å²) in [4.78, 5) is 41.2. The van der Waals surface area contributed by atoms with Crippen molar-refractivity contribution in [3.05, 3.63) is 60.5 Å². The number of carbonyl (C=O) groups is 3. The smallest absolute Gasteiger partial charge is 0.287 e. The van der Waals surface area contributed by atoms with Crippen molar-refractivity contribution in [2.45, 2.75) is 31.3 Å². The standard InChI is InChI=1S/C23H26N4O6S/c1-15(2)11-18(27-23(30)20-12-16-7-3-4-8-19(16)33-20)22(29)25-13-17(28)14-26-34(31,32)21-9-5-6-10-24-21/h3-10,12,15,18,26H,11,13-14H2,1-2H3,(H,25,29)(H,27,30)/t18-/m0/s1. The maximum absolute atomic E-state index is 12.7. The van der Waals surface area contributed by atoms with Crippen LogP contribution in [-0.2, 0) is 19.6 Å². The first kappa shape index (κ1) is 25.1. The first-order chi connectivity index (χ1) is 16.2. The van der Waals surface area contributed by atoms with E-state index >= 15 is 0 Å². The zero-order valence-electron chi connectivity index (χ0n) is 18.8. The Labute approximate surface area is 197 Å². The molecule has 0 aliphatic carbocycles. The van der Waals surface area contributed by atoms with Gasteiger partial charge in [0.2, 0.25) is 5.91 Å². The van der Waals surface area contributed by atoms with Crippen molar-refractivity contribution in [2.75, 3.05) is 13.1 Å². The maximum Gasteiger partial charge on any atom is 0.287 e. The lowest BCUT2D eigenvalue weighted by Crippen LogP contribution is -2.49. The Morgan fingerprint density at radius 1 is 1.03 bits per heavy atom. The van der Waals surface area contributed by atoms with Crippen LogP contribution in [-0.4, -0.2) is 50.1 Å². The van der Waals surface area contributed by atoms with Crippen molar-refractivity contribution in [3.63, 3.8) is 0 Å². The molecule has 0 unspecified atom stereocenters. The number of ketones is 1. The molecule has 0 bridgehead atoms. The number of fused-ring (bicyclic) bond motifs is 1. The minimum absolute atomic E-state index is 0.0720. The fourth-order valence-corrected chi connectivity index (χ4v) is 4.11. The number of carbonyl (C=O) groups excluding carboxylic acids is 3. The number of aromatic nitrogens is 1. The van der Waals surface area contributed by atoms with Crippen LogP contribution < -0.4 is 15.4 Å². The van der Waals surface area contributed by atoms with Gasteiger partial charge in [-0.15, -0.1) is 0 Å². The van der Waals surface area contributed by atoms with Crippen LogP contribution in [0.2, 0.25) is 0 Å². The third-order valence-electron chi connectivity index (χ3n) is 4.81. The number of furan rings is 1. The van der Waals surface area contributed by atoms with E-state index < -0.39 is 46.8 Å². The summed E-state index contributed by atoms with van der Waals surface area (Å²) in [6.45, 7) is 2.87. The minimum Gasteiger partial charge on any atom is -0.451 e. The monoisotopic (exact) mass is 486 g/mol. The zero-order chi connectivity index (χ0) is 24.7. The minimum atomic E-state index is -3.95. The van der Waals surface area contributed by atoms with Gasteiger partial charge in [-0.2, -0.15) is 0 Å². The third-order valence-corrected chi connectivity index (χ3v) is 6.13. The molecule has 0 spiro atoms. The van der Waals surface area contributed by atoms with Gasteiger partial charge in [0.25, 0.3) is 15.9 Å². The van der Waals surface area contributed by atoms with Crippen LogP contribution in [0.15, 0.2) is 64.2 Å². The molecule has 1 aromatic carbocycles. The van der Waals surface area contributed by atoms with Gasteiger partial charge >= 0.3 is 0 Å². The summed E-state index contributed by atoms with van der Waals surface area (Å²) < 4.78 is 32.0. The summed E-state index contributed by atoms with van der Waals surface area (Å²) in [6, 6.07) is 12.2. The van der Waals surface area contributed by atoms with E-state index in [2.05, 4.69) is 20.3 Å². The topological polar surface area (TPSA) is 147 Å². The lowest BCUT2D eigenvalue weighted by Gasteiger charge is -2.19. The van der Waals surface area contributed by atoms with Crippen molar-refractivity contribution in [2.24, 2.45) is 5.92 Å². The Morgan fingerprint density at radius 2 is 1.76 bits per heavy atom. The quantitative estimate of drug-likeness (QED) is 0.373. The van der Waals surface area contributed by atoms with Crippen molar-refractivity contribution < 1.29 is 27.2 Å². The molecular formula is C23H26N4O6S. The molecule has 0 radical (unpaired) electrons. The number of hydrogen-bond acceptors (Lipinski definition) is 7. The summed E-state index contributed by atoms with van der Waals surface area (Å²) in [5, 5.41) is 5.66. The van der Waals surface area contributed by atoms with Gasteiger partial charge in [-0.3, -0.25) is 14.4 Å². The van der Waals surface area contributed by atoms with E-state index in [0.717, 1.165) is 5.39 Å². The van der Waals surface area contributed by atoms with E-state index in [1.165, 1.54) is 18.3 Å². The molecule has 0 fully saturated rings. The molecule has 2 aromatic heterocycles. The molecule has 34 heavy (non-hydrogen) atoms. The highest BCUT2D eigenvalue weighted by Crippen LogP contribution is 2.19. The van der Waals surface area contributed by atoms with Gasteiger partial charge in [0.15, 0.2) is 16.6 Å². The largest absolute Gasteiger partial charge is 0.451 e. The Balaban J connectivity index is 1.56. The molecule has 0 aliphatic heterocycles. The maximum atomic E-state index is 12.7. The van der Waals surface area contributed by atoms with E-state index in [0.29, 0.717) is 12.0 Å². The van der Waals surface area contributed by atoms with Crippen molar-refractivity contribution >= 4 is 38.6 Å². The Hall–Kier alpha value is -3.57. The van der Waals surface area contributed by atoms with Crippen LogP contribution in [0.3, 0.4) is 0 Å². The first-order valence-electron chi connectivity index (χ1n) is 10.7. The van der Waals surface area contributed by atoms with E-state index in [9.17, 15) is 22.8 Å². The van der Waals surface area contributed by atoms with Crippen LogP contribution in [0.4, 0.5) is 0 Å². The van der Waals surface area contributed by atoms with Crippen molar-refractivity contribution in [1.82, 2.24) is 20.3 Å². The third kappa shape index (κ3) is 6.72. The number of nitrogens with one attached hydrogen (secondary N) is 3. The zero-order valence-corrected chi connectivity index (χ0v) is 19.6. The van der Waals surface area contributed by atoms with Crippen molar-refractivity contribution in [1.29, 1.82) is 0 Å². The lowest BCUT2D eigenvalue weighted by atomic mass is 10.0. The summed E-state index contributed by atoms with van der Waals surface area (Å²) >= 11 is 0. The molecule has 2 amide bonds. The summed E-state index contributed by atoms with van der Waals surface area (Å²) in [7, 11) is -3.95. The molecule has 0 saturated carbocycles. The fraction of sp³-hybridized carbons (Fsp3) is 0.304. The van der Waals surface area contributed by atoms with Gasteiger partial charge in [-0.05, 0) is 36.6 Å². The average Bonchev–Trinajstić information content (AvgIpc) is 3.25. The second kappa shape index (κ2) is 11.0. The van der Waals surface area contributed by atoms with Gasteiger partial charge in [-0.1, -0.05) is 38.1 Å². The molecule has 180 valence electrons. The number of para-hydroxylation sites is 1. The second-order valence-corrected chi connectivity index (χ2v) is 9.77. The number of Topliss-reactive ketones (excluding diaryl/α,β-unsaturated/α-hetero) is 1. The highest BCUT2D eigenvalue weighted by molar-refractivity contribution is 7.89. The molecule has 11 heteroatoms. The number of rotatable bonds is 11. The van der Waals surface area contributed by atoms with Gasteiger partial charge in [0, 0.05) is 11.6 Å². The summed E-state index contributed by atoms with van der Waals surface area (Å²) in [6.07, 6.45) is 1.66. The van der Waals surface area contributed by atoms with E-state index in [1.807, 2.05) is 26.0 Å². The van der Waals surface area contributed by atoms with Gasteiger partial charge in [0.05, 0.1) is 13.1 Å². The molecule has 10 nitrogen and oxygen atoms in total. The van der Waals surface area contributed by atoms with E-state index in [1.54, 1.807) is 24.3 Å². The second-order valence-electron chi connectivity index (χ2n) is 8.05. The molecule has 3 aromatic rings. The summed E-state index contributed by atoms with van der Waals surface area (Å²) in [5.41, 5.74) is 0.552. The Morgan fingerprint density at radius 3 is 2.44 bits per heavy atom. The fourth-order valence-electron chi connectivity index (χ4n) is 3.15. The predicted molar refractivity (Wildman–Crippen MR) is 124 cm³/mol. The molecule has 0 aliphatic rings. The number of hydrogen-bond donors (Lipinski definition) is 3. The first-order valence-corrected chi connectivity index (χ1v) is 12.1. The van der Waals surface area contributed by atoms with Gasteiger partial charge in [-0.25, -0.2) is 18.1 Å². The van der Waals surface area contributed by atoms with Gasteiger partial charge in [0.1, 0.15) is 11.6 Å². The highest BCUT2D eigenvalue weighted by Gasteiger charge is 2.25. The number of benzene rings is 1. The number of sulfonamides is 1.